The van der Waals surface area contributed by atoms with Gasteiger partial charge in [0.05, 0.1) is 5.52 Å². The zero-order valence-corrected chi connectivity index (χ0v) is 14.5. The maximum Gasteiger partial charge on any atom is 0.154 e. The van der Waals surface area contributed by atoms with Crippen LogP contribution in [-0.2, 0) is 11.3 Å². The number of fused-ring (bicyclic) bond motifs is 3. The van der Waals surface area contributed by atoms with Crippen LogP contribution in [0.15, 0.2) is 24.3 Å². The van der Waals surface area contributed by atoms with E-state index in [-0.39, 0.29) is 0 Å². The summed E-state index contributed by atoms with van der Waals surface area (Å²) < 4.78 is 7.37. The molecular weight excluding hydrogens is 336 g/mol. The number of nitrogens with two attached hydrogens (primary N) is 1. The second-order valence-electron chi connectivity index (χ2n) is 5.69. The van der Waals surface area contributed by atoms with Crippen LogP contribution in [-0.4, -0.2) is 40.4 Å². The van der Waals surface area contributed by atoms with Gasteiger partial charge in [-0.3, -0.25) is 0 Å². The van der Waals surface area contributed by atoms with E-state index in [2.05, 4.69) is 20.7 Å². The van der Waals surface area contributed by atoms with Crippen LogP contribution in [0.1, 0.15) is 19.2 Å². The van der Waals surface area contributed by atoms with E-state index in [0.717, 1.165) is 16.4 Å². The van der Waals surface area contributed by atoms with Crippen molar-refractivity contribution in [2.24, 2.45) is 0 Å². The lowest BCUT2D eigenvalue weighted by molar-refractivity contribution is -0.250. The fourth-order valence-electron chi connectivity index (χ4n) is 2.78. The fraction of sp³-hybridized carbons (Fsp3) is 0.353. The zero-order chi connectivity index (χ0) is 18.5. The van der Waals surface area contributed by atoms with Gasteiger partial charge in [-0.05, 0) is 19.4 Å². The lowest BCUT2D eigenvalue weighted by atomic mass is 10.2. The minimum atomic E-state index is -1.28. The number of hydrogen-bond donors (Lipinski definition) is 3. The monoisotopic (exact) mass is 357 g/mol. The third-order valence-corrected chi connectivity index (χ3v) is 3.92. The summed E-state index contributed by atoms with van der Waals surface area (Å²) >= 11 is 0. The summed E-state index contributed by atoms with van der Waals surface area (Å²) in [7, 11) is 0. The van der Waals surface area contributed by atoms with E-state index >= 15 is 0 Å². The summed E-state index contributed by atoms with van der Waals surface area (Å²) in [5, 5.41) is 13.6. The Labute approximate surface area is 150 Å². The van der Waals surface area contributed by atoms with Crippen LogP contribution in [0.5, 0.6) is 0 Å². The normalized spacial score (nSPS) is 11.1. The quantitative estimate of drug-likeness (QED) is 0.502. The van der Waals surface area contributed by atoms with Crippen molar-refractivity contribution in [1.29, 1.82) is 0 Å². The van der Waals surface area contributed by atoms with Crippen LogP contribution in [0.3, 0.4) is 0 Å². The molecule has 2 heterocycles. The van der Waals surface area contributed by atoms with Gasteiger partial charge in [0.1, 0.15) is 23.7 Å². The van der Waals surface area contributed by atoms with Gasteiger partial charge < -0.3 is 31.1 Å². The molecule has 0 fully saturated rings. The van der Waals surface area contributed by atoms with Crippen LogP contribution >= 0.6 is 0 Å². The molecule has 0 radical (unpaired) electrons. The Balaban J connectivity index is 1.97. The Morgan fingerprint density at radius 2 is 2.12 bits per heavy atom. The Morgan fingerprint density at radius 1 is 1.31 bits per heavy atom. The predicted molar refractivity (Wildman–Crippen MR) is 97.0 cm³/mol. The van der Waals surface area contributed by atoms with Crippen molar-refractivity contribution in [3.05, 3.63) is 30.1 Å². The molecule has 0 atom stereocenters. The summed E-state index contributed by atoms with van der Waals surface area (Å²) in [5.74, 6) is 1.04. The van der Waals surface area contributed by atoms with Gasteiger partial charge in [0, 0.05) is 25.1 Å². The highest BCUT2D eigenvalue weighted by Crippen LogP contribution is 2.28. The standard InChI is InChI=1S/C17H22N6O3/c1-2-26-10-13-22-14-15(23(13)20-9-5-8-19-17(24)25)11-6-3-4-7-12(11)21-16(14)18/h3-4,6-7,19-20H,2,5,8-10H2,1H3,(H2,18,21)(H,24,25)/p-1. The van der Waals surface area contributed by atoms with Gasteiger partial charge in [0.25, 0.3) is 0 Å². The molecular formula is C17H21N6O3-. The minimum Gasteiger partial charge on any atom is -0.530 e. The molecule has 0 aliphatic rings. The first-order valence-corrected chi connectivity index (χ1v) is 8.43. The van der Waals surface area contributed by atoms with Gasteiger partial charge in [-0.2, -0.15) is 0 Å². The molecule has 138 valence electrons. The molecule has 4 N–H and O–H groups in total. The number of carbonyl (C=O) groups is 1. The zero-order valence-electron chi connectivity index (χ0n) is 14.5. The number of pyridine rings is 1. The molecule has 2 aromatic heterocycles. The molecule has 9 heteroatoms. The Kier molecular flexibility index (Phi) is 5.37. The van der Waals surface area contributed by atoms with E-state index in [1.807, 2.05) is 35.9 Å². The average molecular weight is 357 g/mol. The van der Waals surface area contributed by atoms with Crippen LogP contribution in [0.25, 0.3) is 21.9 Å². The summed E-state index contributed by atoms with van der Waals surface area (Å²) in [6.07, 6.45) is -0.694. The molecule has 0 unspecified atom stereocenters. The molecule has 1 amide bonds. The smallest absolute Gasteiger partial charge is 0.154 e. The molecule has 0 aliphatic heterocycles. The third-order valence-electron chi connectivity index (χ3n) is 3.92. The van der Waals surface area contributed by atoms with Crippen LogP contribution in [0.2, 0.25) is 0 Å². The molecule has 0 aliphatic carbocycles. The number of nitrogens with zero attached hydrogens (tertiary/aromatic N) is 3. The number of hydrogen-bond acceptors (Lipinski definition) is 7. The third kappa shape index (κ3) is 3.62. The largest absolute Gasteiger partial charge is 0.530 e. The number of aromatic nitrogens is 3. The number of imidazole rings is 1. The van der Waals surface area contributed by atoms with E-state index in [9.17, 15) is 9.90 Å². The van der Waals surface area contributed by atoms with Gasteiger partial charge >= 0.3 is 0 Å². The number of amides is 1. The van der Waals surface area contributed by atoms with Crippen molar-refractivity contribution in [1.82, 2.24) is 20.0 Å². The van der Waals surface area contributed by atoms with E-state index in [1.54, 1.807) is 0 Å². The first kappa shape index (κ1) is 17.7. The summed E-state index contributed by atoms with van der Waals surface area (Å²) in [5.41, 5.74) is 11.6. The number of carbonyl (C=O) groups excluding carboxylic acids is 1. The molecule has 9 nitrogen and oxygen atoms in total. The summed E-state index contributed by atoms with van der Waals surface area (Å²) in [6.45, 7) is 3.63. The highest BCUT2D eigenvalue weighted by atomic mass is 16.5. The van der Waals surface area contributed by atoms with E-state index in [4.69, 9.17) is 10.5 Å². The van der Waals surface area contributed by atoms with Crippen molar-refractivity contribution < 1.29 is 14.6 Å². The number of rotatable bonds is 8. The van der Waals surface area contributed by atoms with Gasteiger partial charge in [-0.15, -0.1) is 0 Å². The number of ether oxygens (including phenoxy) is 1. The molecule has 3 rings (SSSR count). The fourth-order valence-corrected chi connectivity index (χ4v) is 2.78. The predicted octanol–water partition coefficient (Wildman–Crippen LogP) is 0.570. The van der Waals surface area contributed by atoms with Gasteiger partial charge in [-0.25, -0.2) is 14.6 Å². The van der Waals surface area contributed by atoms with E-state index in [1.165, 1.54) is 0 Å². The number of nitrogens with one attached hydrogen (secondary N) is 2. The first-order chi connectivity index (χ1) is 12.6. The van der Waals surface area contributed by atoms with Gasteiger partial charge in [0.2, 0.25) is 0 Å². The maximum atomic E-state index is 10.4. The highest BCUT2D eigenvalue weighted by molar-refractivity contribution is 6.06. The van der Waals surface area contributed by atoms with Crippen molar-refractivity contribution in [3.63, 3.8) is 0 Å². The molecule has 0 saturated carbocycles. The minimum absolute atomic E-state index is 0.299. The SMILES string of the molecule is CCOCc1nc2c(N)nc3ccccc3c2n1NCCCNC(=O)[O-]. The molecule has 1 aromatic carbocycles. The highest BCUT2D eigenvalue weighted by Gasteiger charge is 2.17. The summed E-state index contributed by atoms with van der Waals surface area (Å²) in [4.78, 5) is 19.4. The van der Waals surface area contributed by atoms with Crippen molar-refractivity contribution >= 4 is 33.8 Å². The van der Waals surface area contributed by atoms with E-state index in [0.29, 0.717) is 49.9 Å². The molecule has 0 spiro atoms. The Bertz CT molecular complexity index is 924. The van der Waals surface area contributed by atoms with E-state index < -0.39 is 6.09 Å². The van der Waals surface area contributed by atoms with Crippen molar-refractivity contribution in [2.75, 3.05) is 30.9 Å². The lowest BCUT2D eigenvalue weighted by Gasteiger charge is -2.14. The molecule has 26 heavy (non-hydrogen) atoms. The number of anilines is 1. The summed E-state index contributed by atoms with van der Waals surface area (Å²) in [6, 6.07) is 7.70. The van der Waals surface area contributed by atoms with Crippen molar-refractivity contribution in [3.8, 4) is 0 Å². The van der Waals surface area contributed by atoms with Crippen LogP contribution in [0, 0.1) is 0 Å². The number of benzene rings is 1. The maximum absolute atomic E-state index is 10.4. The second kappa shape index (κ2) is 7.87. The van der Waals surface area contributed by atoms with Crippen LogP contribution in [0.4, 0.5) is 10.6 Å². The lowest BCUT2D eigenvalue weighted by Crippen LogP contribution is -2.37. The number of para-hydroxylation sites is 1. The number of carboxylic acid groups (broad SMARTS) is 1. The molecule has 0 saturated heterocycles. The van der Waals surface area contributed by atoms with Crippen LogP contribution < -0.4 is 21.6 Å². The topological polar surface area (TPSA) is 130 Å². The molecule has 0 bridgehead atoms. The number of nitrogen functional groups attached to an aromatic ring is 1. The average Bonchev–Trinajstić information content (AvgIpc) is 2.99. The van der Waals surface area contributed by atoms with Gasteiger partial charge in [-0.1, -0.05) is 18.2 Å². The van der Waals surface area contributed by atoms with Gasteiger partial charge in [0.15, 0.2) is 11.6 Å². The van der Waals surface area contributed by atoms with Crippen molar-refractivity contribution in [2.45, 2.75) is 20.0 Å². The first-order valence-electron chi connectivity index (χ1n) is 8.43. The molecule has 3 aromatic rings. The second-order valence-corrected chi connectivity index (χ2v) is 5.69. The Morgan fingerprint density at radius 3 is 2.88 bits per heavy atom. The Hall–Kier alpha value is -3.07.